The van der Waals surface area contributed by atoms with E-state index in [-0.39, 0.29) is 5.56 Å². The molecular formula is C10H8BrN3O2. The molecule has 0 spiro atoms. The average molecular weight is 282 g/mol. The maximum absolute atomic E-state index is 11.5. The summed E-state index contributed by atoms with van der Waals surface area (Å²) in [5.74, 6) is -0.495. The van der Waals surface area contributed by atoms with Crippen LogP contribution in [-0.2, 0) is 4.74 Å². The van der Waals surface area contributed by atoms with Gasteiger partial charge in [0.1, 0.15) is 5.52 Å². The van der Waals surface area contributed by atoms with E-state index in [4.69, 9.17) is 5.73 Å². The zero-order valence-corrected chi connectivity index (χ0v) is 9.98. The average Bonchev–Trinajstić information content (AvgIpc) is 2.33. The number of methoxy groups -OCH3 is 1. The molecule has 1 aromatic carbocycles. The number of nitrogens with two attached hydrogens (primary N) is 1. The van der Waals surface area contributed by atoms with E-state index in [1.807, 2.05) is 0 Å². The van der Waals surface area contributed by atoms with E-state index in [2.05, 4.69) is 30.6 Å². The number of esters is 1. The molecule has 1 heterocycles. The monoisotopic (exact) mass is 281 g/mol. The number of nitrogen functional groups attached to an aromatic ring is 1. The lowest BCUT2D eigenvalue weighted by Gasteiger charge is -2.07. The van der Waals surface area contributed by atoms with Crippen molar-refractivity contribution in [1.82, 2.24) is 9.97 Å². The van der Waals surface area contributed by atoms with Crippen LogP contribution in [0.1, 0.15) is 10.4 Å². The number of rotatable bonds is 1. The number of carbonyl (C=O) groups excluding carboxylic acids is 1. The summed E-state index contributed by atoms with van der Waals surface area (Å²) in [6.07, 6.45) is 3.11. The van der Waals surface area contributed by atoms with Crippen LogP contribution in [0, 0.1) is 0 Å². The number of aromatic nitrogens is 2. The molecule has 6 heteroatoms. The van der Waals surface area contributed by atoms with Crippen molar-refractivity contribution < 1.29 is 9.53 Å². The quantitative estimate of drug-likeness (QED) is 0.637. The van der Waals surface area contributed by atoms with Gasteiger partial charge in [0.25, 0.3) is 0 Å². The molecule has 2 rings (SSSR count). The molecule has 0 saturated carbocycles. The fourth-order valence-corrected chi connectivity index (χ4v) is 1.88. The molecule has 0 aliphatic carbocycles. The van der Waals surface area contributed by atoms with Crippen LogP contribution >= 0.6 is 15.9 Å². The lowest BCUT2D eigenvalue weighted by molar-refractivity contribution is 0.0602. The van der Waals surface area contributed by atoms with E-state index in [1.165, 1.54) is 7.11 Å². The second-order valence-electron chi connectivity index (χ2n) is 3.07. The van der Waals surface area contributed by atoms with Gasteiger partial charge in [-0.2, -0.15) is 0 Å². The first-order valence-electron chi connectivity index (χ1n) is 4.42. The Morgan fingerprint density at radius 3 is 2.81 bits per heavy atom. The maximum Gasteiger partial charge on any atom is 0.340 e. The first-order valence-corrected chi connectivity index (χ1v) is 5.21. The van der Waals surface area contributed by atoms with Crippen LogP contribution in [0.2, 0.25) is 0 Å². The normalized spacial score (nSPS) is 10.4. The molecule has 16 heavy (non-hydrogen) atoms. The Hall–Kier alpha value is -1.69. The predicted octanol–water partition coefficient (Wildman–Crippen LogP) is 1.76. The Morgan fingerprint density at radius 2 is 2.12 bits per heavy atom. The molecule has 1 aromatic heterocycles. The van der Waals surface area contributed by atoms with Crippen molar-refractivity contribution in [3.63, 3.8) is 0 Å². The highest BCUT2D eigenvalue weighted by Crippen LogP contribution is 2.30. The second kappa shape index (κ2) is 4.05. The van der Waals surface area contributed by atoms with Crippen LogP contribution < -0.4 is 5.73 Å². The second-order valence-corrected chi connectivity index (χ2v) is 3.86. The molecule has 0 atom stereocenters. The lowest BCUT2D eigenvalue weighted by Crippen LogP contribution is -2.07. The summed E-state index contributed by atoms with van der Waals surface area (Å²) in [5, 5.41) is 0. The molecule has 2 aromatic rings. The fraction of sp³-hybridized carbons (Fsp3) is 0.100. The van der Waals surface area contributed by atoms with Crippen molar-refractivity contribution >= 4 is 38.6 Å². The smallest absolute Gasteiger partial charge is 0.340 e. The summed E-state index contributed by atoms with van der Waals surface area (Å²) >= 11 is 3.29. The Bertz CT molecular complexity index is 571. The molecule has 0 aliphatic heterocycles. The number of fused-ring (bicyclic) bond motifs is 1. The summed E-state index contributed by atoms with van der Waals surface area (Å²) in [4.78, 5) is 19.7. The molecule has 82 valence electrons. The fourth-order valence-electron chi connectivity index (χ4n) is 1.36. The number of hydrogen-bond donors (Lipinski definition) is 1. The minimum Gasteiger partial charge on any atom is -0.465 e. The third-order valence-electron chi connectivity index (χ3n) is 2.15. The SMILES string of the molecule is COC(=O)c1cc2nccnc2c(Br)c1N. The Morgan fingerprint density at radius 1 is 1.44 bits per heavy atom. The van der Waals surface area contributed by atoms with E-state index in [0.717, 1.165) is 0 Å². The van der Waals surface area contributed by atoms with Crippen LogP contribution in [0.25, 0.3) is 11.0 Å². The topological polar surface area (TPSA) is 78.1 Å². The number of halogens is 1. The molecular weight excluding hydrogens is 274 g/mol. The number of nitrogens with zero attached hydrogens (tertiary/aromatic N) is 2. The van der Waals surface area contributed by atoms with Crippen LogP contribution in [0.15, 0.2) is 22.9 Å². The highest BCUT2D eigenvalue weighted by Gasteiger charge is 2.16. The van der Waals surface area contributed by atoms with E-state index in [9.17, 15) is 4.79 Å². The molecule has 2 N–H and O–H groups in total. The van der Waals surface area contributed by atoms with Crippen molar-refractivity contribution in [3.8, 4) is 0 Å². The van der Waals surface area contributed by atoms with Crippen molar-refractivity contribution in [3.05, 3.63) is 28.5 Å². The summed E-state index contributed by atoms with van der Waals surface area (Å²) in [6, 6.07) is 1.56. The summed E-state index contributed by atoms with van der Waals surface area (Å²) in [7, 11) is 1.30. The molecule has 0 amide bonds. The summed E-state index contributed by atoms with van der Waals surface area (Å²) < 4.78 is 5.19. The van der Waals surface area contributed by atoms with E-state index < -0.39 is 5.97 Å². The molecule has 0 aliphatic rings. The van der Waals surface area contributed by atoms with Gasteiger partial charge in [-0.05, 0) is 22.0 Å². The Balaban J connectivity index is 2.78. The highest BCUT2D eigenvalue weighted by atomic mass is 79.9. The zero-order valence-electron chi connectivity index (χ0n) is 8.40. The van der Waals surface area contributed by atoms with Gasteiger partial charge >= 0.3 is 5.97 Å². The van der Waals surface area contributed by atoms with Gasteiger partial charge in [0.2, 0.25) is 0 Å². The number of hydrogen-bond acceptors (Lipinski definition) is 5. The number of anilines is 1. The van der Waals surface area contributed by atoms with Crippen LogP contribution in [0.4, 0.5) is 5.69 Å². The third kappa shape index (κ3) is 1.61. The van der Waals surface area contributed by atoms with Gasteiger partial charge in [0.15, 0.2) is 0 Å². The van der Waals surface area contributed by atoms with Crippen molar-refractivity contribution in [2.45, 2.75) is 0 Å². The maximum atomic E-state index is 11.5. The van der Waals surface area contributed by atoms with Gasteiger partial charge < -0.3 is 10.5 Å². The minimum absolute atomic E-state index is 0.280. The summed E-state index contributed by atoms with van der Waals surface area (Å²) in [6.45, 7) is 0. The van der Waals surface area contributed by atoms with Gasteiger partial charge in [0, 0.05) is 12.4 Å². The molecule has 0 unspecified atom stereocenters. The first kappa shape index (κ1) is 10.8. The van der Waals surface area contributed by atoms with E-state index in [0.29, 0.717) is 21.2 Å². The standard InChI is InChI=1S/C10H8BrN3O2/c1-16-10(15)5-4-6-9(7(11)8(5)12)14-3-2-13-6/h2-4H,12H2,1H3. The summed E-state index contributed by atoms with van der Waals surface area (Å²) in [5.41, 5.74) is 7.60. The van der Waals surface area contributed by atoms with Crippen LogP contribution in [0.3, 0.4) is 0 Å². The molecule has 0 radical (unpaired) electrons. The van der Waals surface area contributed by atoms with Crippen molar-refractivity contribution in [1.29, 1.82) is 0 Å². The third-order valence-corrected chi connectivity index (χ3v) is 2.95. The van der Waals surface area contributed by atoms with Gasteiger partial charge in [-0.25, -0.2) is 4.79 Å². The van der Waals surface area contributed by atoms with E-state index >= 15 is 0 Å². The molecule has 5 nitrogen and oxygen atoms in total. The van der Waals surface area contributed by atoms with Crippen molar-refractivity contribution in [2.75, 3.05) is 12.8 Å². The molecule has 0 bridgehead atoms. The number of ether oxygens (including phenoxy) is 1. The van der Waals surface area contributed by atoms with Gasteiger partial charge in [-0.15, -0.1) is 0 Å². The Kier molecular flexibility index (Phi) is 2.74. The highest BCUT2D eigenvalue weighted by molar-refractivity contribution is 9.10. The van der Waals surface area contributed by atoms with Crippen LogP contribution in [-0.4, -0.2) is 23.0 Å². The lowest BCUT2D eigenvalue weighted by atomic mass is 10.1. The van der Waals surface area contributed by atoms with Crippen molar-refractivity contribution in [2.24, 2.45) is 0 Å². The van der Waals surface area contributed by atoms with Gasteiger partial charge in [0.05, 0.1) is 28.4 Å². The Labute approximate surface area is 99.8 Å². The van der Waals surface area contributed by atoms with Gasteiger partial charge in [-0.3, -0.25) is 9.97 Å². The number of benzene rings is 1. The predicted molar refractivity (Wildman–Crippen MR) is 63.0 cm³/mol. The zero-order chi connectivity index (χ0) is 11.7. The van der Waals surface area contributed by atoms with Crippen LogP contribution in [0.5, 0.6) is 0 Å². The van der Waals surface area contributed by atoms with Gasteiger partial charge in [-0.1, -0.05) is 0 Å². The minimum atomic E-state index is -0.495. The molecule has 0 fully saturated rings. The largest absolute Gasteiger partial charge is 0.465 e. The van der Waals surface area contributed by atoms with E-state index in [1.54, 1.807) is 18.5 Å². The number of carbonyl (C=O) groups is 1. The first-order chi connectivity index (χ1) is 7.65. The molecule has 0 saturated heterocycles.